The van der Waals surface area contributed by atoms with Crippen molar-refractivity contribution in [3.05, 3.63) is 94.8 Å². The Morgan fingerprint density at radius 1 is 1.06 bits per heavy atom. The van der Waals surface area contributed by atoms with Crippen LogP contribution in [-0.2, 0) is 16.1 Å². The molecule has 1 saturated heterocycles. The molecule has 4 rings (SSSR count). The van der Waals surface area contributed by atoms with Crippen molar-refractivity contribution in [1.29, 1.82) is 0 Å². The van der Waals surface area contributed by atoms with Gasteiger partial charge in [0, 0.05) is 24.5 Å². The number of Topliss-reactive ketones (excluding diaryl/α,β-unsaturated/α-hetero) is 1. The van der Waals surface area contributed by atoms with Gasteiger partial charge in [0.15, 0.2) is 0 Å². The van der Waals surface area contributed by atoms with E-state index in [1.165, 1.54) is 4.90 Å². The third-order valence-corrected chi connectivity index (χ3v) is 5.72. The highest BCUT2D eigenvalue weighted by Crippen LogP contribution is 2.40. The van der Waals surface area contributed by atoms with Crippen LogP contribution in [0.25, 0.3) is 5.76 Å². The van der Waals surface area contributed by atoms with Crippen LogP contribution in [0, 0.1) is 6.92 Å². The molecule has 0 aliphatic carbocycles. The highest BCUT2D eigenvalue weighted by molar-refractivity contribution is 6.46. The molecule has 1 amide bonds. The van der Waals surface area contributed by atoms with Crippen LogP contribution in [0.4, 0.5) is 0 Å². The first-order valence-corrected chi connectivity index (χ1v) is 10.4. The van der Waals surface area contributed by atoms with E-state index in [1.54, 1.807) is 69.1 Å². The number of carbonyl (C=O) groups is 2. The smallest absolute Gasteiger partial charge is 0.295 e. The Morgan fingerprint density at radius 2 is 1.82 bits per heavy atom. The summed E-state index contributed by atoms with van der Waals surface area (Å²) in [6.45, 7) is 2.03. The van der Waals surface area contributed by atoms with Crippen molar-refractivity contribution in [2.45, 2.75) is 19.5 Å². The molecule has 2 heterocycles. The number of aliphatic hydroxyl groups excluding tert-OH is 1. The van der Waals surface area contributed by atoms with Crippen molar-refractivity contribution in [3.63, 3.8) is 0 Å². The second-order valence-electron chi connectivity index (χ2n) is 7.75. The number of methoxy groups -OCH3 is 2. The zero-order valence-corrected chi connectivity index (χ0v) is 18.6. The Hall–Kier alpha value is -4.13. The maximum atomic E-state index is 13.1. The van der Waals surface area contributed by atoms with Gasteiger partial charge in [0.25, 0.3) is 11.7 Å². The van der Waals surface area contributed by atoms with Crippen LogP contribution in [0.2, 0.25) is 0 Å². The minimum Gasteiger partial charge on any atom is -0.507 e. The van der Waals surface area contributed by atoms with Gasteiger partial charge >= 0.3 is 0 Å². The summed E-state index contributed by atoms with van der Waals surface area (Å²) in [5.41, 5.74) is 2.73. The van der Waals surface area contributed by atoms with Gasteiger partial charge in [0.05, 0.1) is 25.8 Å². The Balaban J connectivity index is 1.81. The number of hydrogen-bond donors (Lipinski definition) is 1. The fourth-order valence-electron chi connectivity index (χ4n) is 4.04. The molecule has 1 aromatic heterocycles. The third kappa shape index (κ3) is 4.17. The Bertz CT molecular complexity index is 1220. The maximum absolute atomic E-state index is 13.1. The summed E-state index contributed by atoms with van der Waals surface area (Å²) >= 11 is 0. The standard InChI is InChI=1S/C26H24N2O5/c1-16-13-18(8-11-21(16)33-3)24(29)22-23(19-5-4-12-27-14-19)28(26(31)25(22)30)15-17-6-9-20(32-2)10-7-17/h4-14,23,29H,15H2,1-3H3/b24-22-. The molecule has 1 unspecified atom stereocenters. The summed E-state index contributed by atoms with van der Waals surface area (Å²) in [5, 5.41) is 11.2. The molecule has 1 aliphatic heterocycles. The number of aliphatic hydroxyl groups is 1. The van der Waals surface area contributed by atoms with Crippen LogP contribution in [0.15, 0.2) is 72.6 Å². The third-order valence-electron chi connectivity index (χ3n) is 5.72. The fraction of sp³-hybridized carbons (Fsp3) is 0.192. The molecule has 2 aromatic carbocycles. The highest BCUT2D eigenvalue weighted by atomic mass is 16.5. The summed E-state index contributed by atoms with van der Waals surface area (Å²) in [7, 11) is 3.14. The zero-order valence-electron chi connectivity index (χ0n) is 18.6. The van der Waals surface area contributed by atoms with Crippen LogP contribution < -0.4 is 9.47 Å². The van der Waals surface area contributed by atoms with Gasteiger partial charge in [-0.1, -0.05) is 18.2 Å². The van der Waals surface area contributed by atoms with Gasteiger partial charge in [0.1, 0.15) is 17.3 Å². The molecular weight excluding hydrogens is 420 g/mol. The van der Waals surface area contributed by atoms with E-state index < -0.39 is 17.7 Å². The van der Waals surface area contributed by atoms with Gasteiger partial charge in [-0.2, -0.15) is 0 Å². The molecule has 3 aromatic rings. The van der Waals surface area contributed by atoms with Gasteiger partial charge in [0.2, 0.25) is 0 Å². The Morgan fingerprint density at radius 3 is 2.42 bits per heavy atom. The number of likely N-dealkylation sites (tertiary alicyclic amines) is 1. The molecule has 1 aliphatic rings. The van der Waals surface area contributed by atoms with Crippen LogP contribution >= 0.6 is 0 Å². The lowest BCUT2D eigenvalue weighted by Gasteiger charge is -2.25. The predicted molar refractivity (Wildman–Crippen MR) is 123 cm³/mol. The van der Waals surface area contributed by atoms with E-state index in [1.807, 2.05) is 19.1 Å². The van der Waals surface area contributed by atoms with Crippen LogP contribution in [0.3, 0.4) is 0 Å². The van der Waals surface area contributed by atoms with Crippen LogP contribution in [0.5, 0.6) is 11.5 Å². The van der Waals surface area contributed by atoms with Gasteiger partial charge in [-0.15, -0.1) is 0 Å². The summed E-state index contributed by atoms with van der Waals surface area (Å²) in [5.74, 6) is -0.283. The topological polar surface area (TPSA) is 89.0 Å². The first-order valence-electron chi connectivity index (χ1n) is 10.4. The molecule has 0 radical (unpaired) electrons. The van der Waals surface area contributed by atoms with Crippen molar-refractivity contribution in [2.24, 2.45) is 0 Å². The molecule has 7 nitrogen and oxygen atoms in total. The molecule has 1 fully saturated rings. The number of hydrogen-bond acceptors (Lipinski definition) is 6. The van der Waals surface area contributed by atoms with Crippen molar-refractivity contribution in [3.8, 4) is 11.5 Å². The number of aromatic nitrogens is 1. The van der Waals surface area contributed by atoms with E-state index in [4.69, 9.17) is 9.47 Å². The van der Waals surface area contributed by atoms with Gasteiger partial charge in [-0.25, -0.2) is 0 Å². The lowest BCUT2D eigenvalue weighted by Crippen LogP contribution is -2.29. The molecule has 1 N–H and O–H groups in total. The molecule has 7 heteroatoms. The van der Waals surface area contributed by atoms with Crippen LogP contribution in [-0.4, -0.2) is 40.9 Å². The fourth-order valence-corrected chi connectivity index (χ4v) is 4.04. The second kappa shape index (κ2) is 9.16. The quantitative estimate of drug-likeness (QED) is 0.351. The molecule has 33 heavy (non-hydrogen) atoms. The minimum atomic E-state index is -0.775. The average Bonchev–Trinajstić information content (AvgIpc) is 3.09. The maximum Gasteiger partial charge on any atom is 0.295 e. The summed E-state index contributed by atoms with van der Waals surface area (Å²) in [6, 6.07) is 15.1. The molecular formula is C26H24N2O5. The molecule has 1 atom stereocenters. The number of nitrogens with zero attached hydrogens (tertiary/aromatic N) is 2. The largest absolute Gasteiger partial charge is 0.507 e. The number of aryl methyl sites for hydroxylation is 1. The number of ketones is 1. The SMILES string of the molecule is COc1ccc(CN2C(=O)C(=O)/C(=C(\O)c3ccc(OC)c(C)c3)C2c2cccnc2)cc1. The number of carbonyl (C=O) groups excluding carboxylic acids is 2. The minimum absolute atomic E-state index is 0.0334. The van der Waals surface area contributed by atoms with Gasteiger partial charge in [-0.3, -0.25) is 14.6 Å². The van der Waals surface area contributed by atoms with E-state index in [2.05, 4.69) is 4.98 Å². The van der Waals surface area contributed by atoms with Crippen molar-refractivity contribution in [1.82, 2.24) is 9.88 Å². The highest BCUT2D eigenvalue weighted by Gasteiger charge is 2.46. The van der Waals surface area contributed by atoms with Gasteiger partial charge < -0.3 is 19.5 Å². The number of rotatable bonds is 6. The normalized spacial score (nSPS) is 17.3. The van der Waals surface area contributed by atoms with Crippen LogP contribution in [0.1, 0.15) is 28.3 Å². The van der Waals surface area contributed by atoms with E-state index in [9.17, 15) is 14.7 Å². The summed E-state index contributed by atoms with van der Waals surface area (Å²) in [6.07, 6.45) is 3.22. The lowest BCUT2D eigenvalue weighted by atomic mass is 9.95. The molecule has 0 spiro atoms. The first-order chi connectivity index (χ1) is 15.9. The summed E-state index contributed by atoms with van der Waals surface area (Å²) < 4.78 is 10.5. The van der Waals surface area contributed by atoms with E-state index >= 15 is 0 Å². The predicted octanol–water partition coefficient (Wildman–Crippen LogP) is 4.03. The van der Waals surface area contributed by atoms with Crippen molar-refractivity contribution < 1.29 is 24.2 Å². The molecule has 0 bridgehead atoms. The Labute approximate surface area is 191 Å². The number of amides is 1. The lowest BCUT2D eigenvalue weighted by molar-refractivity contribution is -0.140. The zero-order chi connectivity index (χ0) is 23.5. The second-order valence-corrected chi connectivity index (χ2v) is 7.75. The number of pyridine rings is 1. The average molecular weight is 444 g/mol. The number of ether oxygens (including phenoxy) is 2. The first kappa shape index (κ1) is 22.1. The van der Waals surface area contributed by atoms with E-state index in [0.717, 1.165) is 11.1 Å². The van der Waals surface area contributed by atoms with Crippen molar-refractivity contribution >= 4 is 17.4 Å². The van der Waals surface area contributed by atoms with Gasteiger partial charge in [-0.05, 0) is 60.0 Å². The Kier molecular flexibility index (Phi) is 6.13. The van der Waals surface area contributed by atoms with E-state index in [0.29, 0.717) is 22.6 Å². The van der Waals surface area contributed by atoms with E-state index in [-0.39, 0.29) is 17.9 Å². The van der Waals surface area contributed by atoms with Crippen molar-refractivity contribution in [2.75, 3.05) is 14.2 Å². The number of benzene rings is 2. The molecule has 168 valence electrons. The monoisotopic (exact) mass is 444 g/mol. The summed E-state index contributed by atoms with van der Waals surface area (Å²) in [4.78, 5) is 31.9. The molecule has 0 saturated carbocycles.